The zero-order valence-electron chi connectivity index (χ0n) is 16.5. The lowest BCUT2D eigenvalue weighted by Crippen LogP contribution is -2.10. The lowest BCUT2D eigenvalue weighted by Gasteiger charge is -2.08. The van der Waals surface area contributed by atoms with Crippen molar-refractivity contribution >= 4 is 33.1 Å². The average molecular weight is 417 g/mol. The van der Waals surface area contributed by atoms with E-state index in [9.17, 15) is 4.79 Å². The van der Waals surface area contributed by atoms with Crippen LogP contribution in [0, 0.1) is 18.3 Å². The number of aromatic nitrogens is 2. The van der Waals surface area contributed by atoms with E-state index < -0.39 is 0 Å². The Hall–Kier alpha value is -3.63. The van der Waals surface area contributed by atoms with E-state index >= 15 is 0 Å². The molecule has 0 atom stereocenters. The second kappa shape index (κ2) is 8.80. The van der Waals surface area contributed by atoms with Gasteiger partial charge >= 0.3 is 0 Å². The number of benzene rings is 2. The van der Waals surface area contributed by atoms with Gasteiger partial charge in [-0.05, 0) is 43.7 Å². The first-order valence-electron chi connectivity index (χ1n) is 9.61. The highest BCUT2D eigenvalue weighted by Gasteiger charge is 2.17. The molecule has 0 bridgehead atoms. The number of nitrogens with one attached hydrogen (secondary N) is 1. The zero-order chi connectivity index (χ0) is 20.9. The molecule has 4 aromatic rings. The third-order valence-corrected chi connectivity index (χ3v) is 5.67. The first-order valence-corrected chi connectivity index (χ1v) is 10.4. The minimum atomic E-state index is -0.170. The smallest absolute Gasteiger partial charge is 0.265 e. The molecule has 6 nitrogen and oxygen atoms in total. The van der Waals surface area contributed by atoms with Crippen LogP contribution in [0.25, 0.3) is 15.9 Å². The van der Waals surface area contributed by atoms with Gasteiger partial charge in [-0.3, -0.25) is 4.79 Å². The van der Waals surface area contributed by atoms with E-state index in [4.69, 9.17) is 10.00 Å². The van der Waals surface area contributed by atoms with Gasteiger partial charge in [0.25, 0.3) is 5.91 Å². The van der Waals surface area contributed by atoms with Crippen LogP contribution in [0.15, 0.2) is 60.7 Å². The van der Waals surface area contributed by atoms with Gasteiger partial charge < -0.3 is 10.1 Å². The van der Waals surface area contributed by atoms with Crippen LogP contribution in [0.2, 0.25) is 0 Å². The second-order valence-corrected chi connectivity index (χ2v) is 7.78. The molecule has 30 heavy (non-hydrogen) atoms. The van der Waals surface area contributed by atoms with Gasteiger partial charge in [0.15, 0.2) is 0 Å². The number of hydrogen-bond donors (Lipinski definition) is 1. The number of hydrogen-bond acceptors (Lipinski definition) is 5. The number of fused-ring (bicyclic) bond motifs is 1. The van der Waals surface area contributed by atoms with Crippen LogP contribution in [0.4, 0.5) is 5.69 Å². The van der Waals surface area contributed by atoms with E-state index in [1.165, 1.54) is 11.3 Å². The van der Waals surface area contributed by atoms with Gasteiger partial charge in [-0.25, -0.2) is 4.68 Å². The largest absolute Gasteiger partial charge is 0.493 e. The monoisotopic (exact) mass is 416 g/mol. The maximum absolute atomic E-state index is 12.8. The van der Waals surface area contributed by atoms with Gasteiger partial charge in [-0.1, -0.05) is 24.3 Å². The summed E-state index contributed by atoms with van der Waals surface area (Å²) in [6, 6.07) is 21.1. The van der Waals surface area contributed by atoms with E-state index in [1.807, 2.05) is 66.2 Å². The Morgan fingerprint density at radius 1 is 1.20 bits per heavy atom. The molecule has 0 spiro atoms. The number of nitriles is 1. The summed E-state index contributed by atoms with van der Waals surface area (Å²) in [6.45, 7) is 2.42. The van der Waals surface area contributed by atoms with Gasteiger partial charge in [0.2, 0.25) is 0 Å². The summed E-state index contributed by atoms with van der Waals surface area (Å²) in [5, 5.41) is 17.1. The number of thiophene rings is 1. The fraction of sp³-hybridized carbons (Fsp3) is 0.174. The van der Waals surface area contributed by atoms with Crippen molar-refractivity contribution in [3.05, 3.63) is 71.2 Å². The number of carbonyl (C=O) groups is 1. The summed E-state index contributed by atoms with van der Waals surface area (Å²) < 4.78 is 7.52. The Morgan fingerprint density at radius 2 is 2.03 bits per heavy atom. The molecule has 0 aliphatic carbocycles. The number of nitrogens with zero attached hydrogens (tertiary/aromatic N) is 3. The summed E-state index contributed by atoms with van der Waals surface area (Å²) in [7, 11) is 0. The highest BCUT2D eigenvalue weighted by Crippen LogP contribution is 2.31. The number of para-hydroxylation sites is 1. The van der Waals surface area contributed by atoms with Gasteiger partial charge in [0.1, 0.15) is 10.6 Å². The Balaban J connectivity index is 1.52. The molecule has 1 N–H and O–H groups in total. The van der Waals surface area contributed by atoms with Crippen molar-refractivity contribution < 1.29 is 9.53 Å². The van der Waals surface area contributed by atoms with E-state index in [1.54, 1.807) is 6.07 Å². The quantitative estimate of drug-likeness (QED) is 0.413. The zero-order valence-corrected chi connectivity index (χ0v) is 17.3. The van der Waals surface area contributed by atoms with Crippen molar-refractivity contribution in [3.63, 3.8) is 0 Å². The molecule has 7 heteroatoms. The van der Waals surface area contributed by atoms with Crippen LogP contribution in [0.5, 0.6) is 5.75 Å². The minimum absolute atomic E-state index is 0.170. The number of aryl methyl sites for hydroxylation is 1. The Morgan fingerprint density at radius 3 is 2.83 bits per heavy atom. The first kappa shape index (κ1) is 19.7. The molecule has 0 aliphatic heterocycles. The molecule has 0 unspecified atom stereocenters. The molecule has 1 amide bonds. The van der Waals surface area contributed by atoms with E-state index in [0.717, 1.165) is 21.6 Å². The standard InChI is InChI=1S/C23H20N4O2S/c1-16-20-15-21(30-23(20)27(26-16)18-9-3-2-4-10-18)22(28)25-17-8-7-11-19(14-17)29-13-6-5-12-24/h2-4,7-11,14-15H,5-6,13H2,1H3,(H,25,28). The number of ether oxygens (including phenoxy) is 1. The maximum Gasteiger partial charge on any atom is 0.265 e. The third kappa shape index (κ3) is 4.19. The lowest BCUT2D eigenvalue weighted by atomic mass is 10.2. The summed E-state index contributed by atoms with van der Waals surface area (Å²) >= 11 is 1.42. The van der Waals surface area contributed by atoms with Crippen LogP contribution in [-0.4, -0.2) is 22.3 Å². The van der Waals surface area contributed by atoms with Crippen LogP contribution in [0.3, 0.4) is 0 Å². The molecule has 4 rings (SSSR count). The fourth-order valence-corrected chi connectivity index (χ4v) is 4.18. The normalized spacial score (nSPS) is 10.7. The molecular formula is C23H20N4O2S. The first-order chi connectivity index (χ1) is 14.7. The van der Waals surface area contributed by atoms with E-state index in [-0.39, 0.29) is 5.91 Å². The summed E-state index contributed by atoms with van der Waals surface area (Å²) in [4.78, 5) is 14.4. The van der Waals surface area contributed by atoms with Gasteiger partial charge in [0, 0.05) is 23.6 Å². The molecule has 2 heterocycles. The van der Waals surface area contributed by atoms with Crippen LogP contribution < -0.4 is 10.1 Å². The van der Waals surface area contributed by atoms with E-state index in [2.05, 4.69) is 16.5 Å². The SMILES string of the molecule is Cc1nn(-c2ccccc2)c2sc(C(=O)Nc3cccc(OCCCC#N)c3)cc12. The van der Waals surface area contributed by atoms with Crippen molar-refractivity contribution in [1.29, 1.82) is 5.26 Å². The Kier molecular flexibility index (Phi) is 5.77. The Labute approximate surface area is 178 Å². The second-order valence-electron chi connectivity index (χ2n) is 6.75. The highest BCUT2D eigenvalue weighted by atomic mass is 32.1. The van der Waals surface area contributed by atoms with Crippen molar-refractivity contribution in [2.75, 3.05) is 11.9 Å². The van der Waals surface area contributed by atoms with Gasteiger partial charge in [-0.2, -0.15) is 10.4 Å². The number of carbonyl (C=O) groups excluding carboxylic acids is 1. The van der Waals surface area contributed by atoms with Crippen LogP contribution in [0.1, 0.15) is 28.2 Å². The lowest BCUT2D eigenvalue weighted by molar-refractivity contribution is 0.103. The molecule has 0 aliphatic rings. The van der Waals surface area contributed by atoms with Crippen molar-refractivity contribution in [2.45, 2.75) is 19.8 Å². The molecule has 2 aromatic carbocycles. The Bertz CT molecular complexity index is 1220. The highest BCUT2D eigenvalue weighted by molar-refractivity contribution is 7.20. The van der Waals surface area contributed by atoms with E-state index in [0.29, 0.717) is 35.8 Å². The molecule has 0 radical (unpaired) electrons. The molecule has 150 valence electrons. The summed E-state index contributed by atoms with van der Waals surface area (Å²) in [5.74, 6) is 0.495. The minimum Gasteiger partial charge on any atom is -0.493 e. The number of amides is 1. The predicted molar refractivity (Wildman–Crippen MR) is 118 cm³/mol. The summed E-state index contributed by atoms with van der Waals surface area (Å²) in [6.07, 6.45) is 1.13. The molecule has 2 aromatic heterocycles. The molecule has 0 saturated heterocycles. The number of rotatable bonds is 7. The molecular weight excluding hydrogens is 396 g/mol. The van der Waals surface area contributed by atoms with Crippen LogP contribution in [-0.2, 0) is 0 Å². The van der Waals surface area contributed by atoms with Crippen LogP contribution >= 0.6 is 11.3 Å². The van der Waals surface area contributed by atoms with Crippen molar-refractivity contribution in [1.82, 2.24) is 9.78 Å². The van der Waals surface area contributed by atoms with Gasteiger partial charge in [-0.15, -0.1) is 11.3 Å². The number of anilines is 1. The predicted octanol–water partition coefficient (Wildman–Crippen LogP) is 5.33. The maximum atomic E-state index is 12.8. The van der Waals surface area contributed by atoms with Crippen molar-refractivity contribution in [3.8, 4) is 17.5 Å². The third-order valence-electron chi connectivity index (χ3n) is 4.56. The number of unbranched alkanes of at least 4 members (excludes halogenated alkanes) is 1. The van der Waals surface area contributed by atoms with Gasteiger partial charge in [0.05, 0.1) is 28.9 Å². The fourth-order valence-electron chi connectivity index (χ4n) is 3.10. The molecule has 0 fully saturated rings. The summed E-state index contributed by atoms with van der Waals surface area (Å²) in [5.41, 5.74) is 2.51. The molecule has 0 saturated carbocycles. The van der Waals surface area contributed by atoms with Crippen molar-refractivity contribution in [2.24, 2.45) is 0 Å². The average Bonchev–Trinajstić information content (AvgIpc) is 3.33. The topological polar surface area (TPSA) is 79.9 Å².